The third-order valence-corrected chi connectivity index (χ3v) is 6.47. The van der Waals surface area contributed by atoms with E-state index in [0.717, 1.165) is 44.4 Å². The molecule has 0 atom stereocenters. The highest BCUT2D eigenvalue weighted by molar-refractivity contribution is 5.01. The van der Waals surface area contributed by atoms with Crippen molar-refractivity contribution in [3.8, 4) is 6.07 Å². The molecule has 25 heavy (non-hydrogen) atoms. The number of hydrogen-bond acceptors (Lipinski definition) is 3. The Morgan fingerprint density at radius 2 is 1.52 bits per heavy atom. The van der Waals surface area contributed by atoms with Crippen molar-refractivity contribution >= 4 is 0 Å². The lowest BCUT2D eigenvalue weighted by atomic mass is 9.71. The highest BCUT2D eigenvalue weighted by atomic mass is 16.7. The van der Waals surface area contributed by atoms with E-state index in [-0.39, 0.29) is 5.41 Å². The van der Waals surface area contributed by atoms with E-state index in [1.54, 1.807) is 0 Å². The van der Waals surface area contributed by atoms with Crippen molar-refractivity contribution in [3.05, 3.63) is 0 Å². The predicted molar refractivity (Wildman–Crippen MR) is 102 cm³/mol. The zero-order valence-electron chi connectivity index (χ0n) is 16.6. The normalized spacial score (nSPS) is 33.1. The number of nitriles is 1. The first-order valence-corrected chi connectivity index (χ1v) is 10.9. The summed E-state index contributed by atoms with van der Waals surface area (Å²) in [4.78, 5) is 0. The second-order valence-corrected chi connectivity index (χ2v) is 8.43. The molecule has 2 aliphatic carbocycles. The van der Waals surface area contributed by atoms with Crippen LogP contribution in [0.1, 0.15) is 104 Å². The molecule has 144 valence electrons. The third kappa shape index (κ3) is 6.91. The topological polar surface area (TPSA) is 42.2 Å². The number of nitrogens with zero attached hydrogens (tertiary/aromatic N) is 1. The van der Waals surface area contributed by atoms with Crippen LogP contribution in [0.2, 0.25) is 0 Å². The fourth-order valence-corrected chi connectivity index (χ4v) is 4.71. The first kappa shape index (κ1) is 20.7. The summed E-state index contributed by atoms with van der Waals surface area (Å²) in [5.41, 5.74) is -0.0778. The van der Waals surface area contributed by atoms with Crippen LogP contribution in [-0.4, -0.2) is 19.0 Å². The molecule has 0 aromatic heterocycles. The fraction of sp³-hybridized carbons (Fsp3) is 0.955. The Bertz CT molecular complexity index is 387. The summed E-state index contributed by atoms with van der Waals surface area (Å²) in [6.45, 7) is 4.90. The smallest absolute Gasteiger partial charge is 0.147 e. The van der Waals surface area contributed by atoms with Gasteiger partial charge in [-0.2, -0.15) is 5.26 Å². The van der Waals surface area contributed by atoms with Crippen molar-refractivity contribution in [2.24, 2.45) is 11.3 Å². The van der Waals surface area contributed by atoms with Crippen LogP contribution in [0.25, 0.3) is 0 Å². The van der Waals surface area contributed by atoms with Gasteiger partial charge in [0.05, 0.1) is 23.7 Å². The minimum Gasteiger partial charge on any atom is -0.352 e. The van der Waals surface area contributed by atoms with Crippen molar-refractivity contribution in [3.63, 3.8) is 0 Å². The lowest BCUT2D eigenvalue weighted by Crippen LogP contribution is -2.31. The van der Waals surface area contributed by atoms with Gasteiger partial charge >= 0.3 is 0 Å². The van der Waals surface area contributed by atoms with Crippen LogP contribution >= 0.6 is 0 Å². The molecule has 2 saturated carbocycles. The van der Waals surface area contributed by atoms with Crippen LogP contribution in [-0.2, 0) is 9.47 Å². The summed E-state index contributed by atoms with van der Waals surface area (Å²) >= 11 is 0. The van der Waals surface area contributed by atoms with Crippen molar-refractivity contribution in [2.45, 2.75) is 116 Å². The van der Waals surface area contributed by atoms with E-state index >= 15 is 0 Å². The maximum atomic E-state index is 9.48. The lowest BCUT2D eigenvalue weighted by molar-refractivity contribution is -0.137. The van der Waals surface area contributed by atoms with Gasteiger partial charge in [0.25, 0.3) is 0 Å². The van der Waals surface area contributed by atoms with Crippen LogP contribution in [0.4, 0.5) is 0 Å². The summed E-state index contributed by atoms with van der Waals surface area (Å²) in [6.07, 6.45) is 17.5. The van der Waals surface area contributed by atoms with Gasteiger partial charge in [-0.25, -0.2) is 0 Å². The van der Waals surface area contributed by atoms with E-state index in [2.05, 4.69) is 19.9 Å². The SMILES string of the molecule is CCCCC[C@H]1CC[C@H](OCO[C@H]2CC[C@@](C#N)(CCC)CC2)CC1. The highest BCUT2D eigenvalue weighted by Crippen LogP contribution is 2.40. The molecule has 2 fully saturated rings. The first-order valence-electron chi connectivity index (χ1n) is 10.9. The molecule has 2 aliphatic rings. The van der Waals surface area contributed by atoms with E-state index in [1.165, 1.54) is 51.4 Å². The Kier molecular flexibility index (Phi) is 9.28. The van der Waals surface area contributed by atoms with Crippen LogP contribution in [0, 0.1) is 22.7 Å². The van der Waals surface area contributed by atoms with E-state index in [9.17, 15) is 5.26 Å². The van der Waals surface area contributed by atoms with Crippen LogP contribution < -0.4 is 0 Å². The van der Waals surface area contributed by atoms with Crippen molar-refractivity contribution in [2.75, 3.05) is 6.79 Å². The molecule has 0 radical (unpaired) electrons. The Balaban J connectivity index is 1.55. The number of hydrogen-bond donors (Lipinski definition) is 0. The molecule has 3 heteroatoms. The second-order valence-electron chi connectivity index (χ2n) is 8.43. The molecule has 0 aromatic rings. The van der Waals surface area contributed by atoms with Gasteiger partial charge in [-0.05, 0) is 63.7 Å². The van der Waals surface area contributed by atoms with Crippen LogP contribution in [0.15, 0.2) is 0 Å². The highest BCUT2D eigenvalue weighted by Gasteiger charge is 2.35. The molecule has 0 aromatic carbocycles. The largest absolute Gasteiger partial charge is 0.352 e. The molecule has 0 heterocycles. The molecular formula is C22H39NO2. The number of rotatable bonds is 10. The molecule has 0 amide bonds. The molecular weight excluding hydrogens is 310 g/mol. The number of unbranched alkanes of at least 4 members (excludes halogenated alkanes) is 2. The van der Waals surface area contributed by atoms with Gasteiger partial charge in [0.1, 0.15) is 6.79 Å². The molecule has 0 unspecified atom stereocenters. The quantitative estimate of drug-likeness (QED) is 0.340. The van der Waals surface area contributed by atoms with E-state index in [1.807, 2.05) is 0 Å². The van der Waals surface area contributed by atoms with Gasteiger partial charge in [0, 0.05) is 0 Å². The Morgan fingerprint density at radius 1 is 0.880 bits per heavy atom. The van der Waals surface area contributed by atoms with Gasteiger partial charge in [-0.15, -0.1) is 0 Å². The average molecular weight is 350 g/mol. The van der Waals surface area contributed by atoms with Gasteiger partial charge in [-0.3, -0.25) is 0 Å². The van der Waals surface area contributed by atoms with Crippen LogP contribution in [0.5, 0.6) is 0 Å². The minimum absolute atomic E-state index is 0.0778. The van der Waals surface area contributed by atoms with Crippen molar-refractivity contribution in [1.29, 1.82) is 5.26 Å². The Labute approximate surface area is 155 Å². The molecule has 0 aliphatic heterocycles. The summed E-state index contributed by atoms with van der Waals surface area (Å²) in [7, 11) is 0. The van der Waals surface area contributed by atoms with Gasteiger partial charge in [-0.1, -0.05) is 46.0 Å². The Morgan fingerprint density at radius 3 is 2.08 bits per heavy atom. The van der Waals surface area contributed by atoms with Gasteiger partial charge < -0.3 is 9.47 Å². The van der Waals surface area contributed by atoms with Crippen molar-refractivity contribution in [1.82, 2.24) is 0 Å². The molecule has 0 spiro atoms. The number of ether oxygens (including phenoxy) is 2. The van der Waals surface area contributed by atoms with Gasteiger partial charge in [0.15, 0.2) is 0 Å². The second kappa shape index (κ2) is 11.2. The first-order chi connectivity index (χ1) is 12.2. The Hall–Kier alpha value is -0.590. The summed E-state index contributed by atoms with van der Waals surface area (Å²) in [5, 5.41) is 9.48. The zero-order valence-corrected chi connectivity index (χ0v) is 16.6. The monoisotopic (exact) mass is 349 g/mol. The van der Waals surface area contributed by atoms with Crippen LogP contribution in [0.3, 0.4) is 0 Å². The molecule has 3 nitrogen and oxygen atoms in total. The van der Waals surface area contributed by atoms with E-state index in [4.69, 9.17) is 9.47 Å². The minimum atomic E-state index is -0.0778. The predicted octanol–water partition coefficient (Wildman–Crippen LogP) is 6.37. The molecule has 0 saturated heterocycles. The summed E-state index contributed by atoms with van der Waals surface area (Å²) in [6, 6.07) is 2.58. The van der Waals surface area contributed by atoms with Crippen molar-refractivity contribution < 1.29 is 9.47 Å². The lowest BCUT2D eigenvalue weighted by Gasteiger charge is -2.35. The summed E-state index contributed by atoms with van der Waals surface area (Å²) in [5.74, 6) is 0.934. The third-order valence-electron chi connectivity index (χ3n) is 6.47. The maximum absolute atomic E-state index is 9.48. The van der Waals surface area contributed by atoms with E-state index < -0.39 is 0 Å². The summed E-state index contributed by atoms with van der Waals surface area (Å²) < 4.78 is 12.0. The van der Waals surface area contributed by atoms with Gasteiger partial charge in [0.2, 0.25) is 0 Å². The zero-order chi connectivity index (χ0) is 18.0. The van der Waals surface area contributed by atoms with E-state index in [0.29, 0.717) is 19.0 Å². The maximum Gasteiger partial charge on any atom is 0.147 e. The standard InChI is InChI=1S/C22H39NO2/c1-3-5-6-7-19-8-10-20(11-9-19)24-18-25-21-12-15-22(17-23,14-4-2)16-13-21/h19-21H,3-16,18H2,1-2H3/t19-,20-,21-,22-. The average Bonchev–Trinajstić information content (AvgIpc) is 2.65. The fourth-order valence-electron chi connectivity index (χ4n) is 4.71. The molecule has 0 N–H and O–H groups in total. The molecule has 2 rings (SSSR count). The molecule has 0 bridgehead atoms.